The zero-order valence-corrected chi connectivity index (χ0v) is 13.8. The molecule has 0 aliphatic heterocycles. The minimum absolute atomic E-state index is 0.167. The van der Waals surface area contributed by atoms with Crippen LogP contribution in [0.4, 0.5) is 0 Å². The summed E-state index contributed by atoms with van der Waals surface area (Å²) in [5.41, 5.74) is 0.865. The highest BCUT2D eigenvalue weighted by molar-refractivity contribution is 7.89. The van der Waals surface area contributed by atoms with Gasteiger partial charge in [-0.1, -0.05) is 6.07 Å². The fourth-order valence-electron chi connectivity index (χ4n) is 2.19. The number of aryl methyl sites for hydroxylation is 2. The third-order valence-corrected chi connectivity index (χ3v) is 4.98. The predicted octanol–water partition coefficient (Wildman–Crippen LogP) is 2.90. The average Bonchev–Trinajstić information content (AvgIpc) is 2.98. The molecule has 2 aromatic rings. The summed E-state index contributed by atoms with van der Waals surface area (Å²) in [7, 11) is -2.16. The molecule has 1 atom stereocenters. The topological polar surface area (TPSA) is 68.5 Å². The maximum Gasteiger partial charge on any atom is 0.244 e. The van der Waals surface area contributed by atoms with Crippen molar-refractivity contribution in [2.75, 3.05) is 7.11 Å². The summed E-state index contributed by atoms with van der Waals surface area (Å²) >= 11 is 0. The number of furan rings is 1. The van der Waals surface area contributed by atoms with Gasteiger partial charge < -0.3 is 9.15 Å². The zero-order valence-electron chi connectivity index (χ0n) is 13.0. The molecule has 1 heterocycles. The normalized spacial score (nSPS) is 13.0. The highest BCUT2D eigenvalue weighted by Crippen LogP contribution is 2.25. The molecule has 0 saturated carbocycles. The van der Waals surface area contributed by atoms with E-state index in [0.717, 1.165) is 11.3 Å². The van der Waals surface area contributed by atoms with Gasteiger partial charge in [-0.2, -0.15) is 0 Å². The van der Waals surface area contributed by atoms with Crippen LogP contribution in [-0.2, 0) is 16.4 Å². The summed E-state index contributed by atoms with van der Waals surface area (Å²) in [4.78, 5) is 0.167. The number of benzene rings is 1. The van der Waals surface area contributed by atoms with E-state index in [0.29, 0.717) is 18.6 Å². The third kappa shape index (κ3) is 4.11. The standard InChI is InChI=1S/C16H21NO4S/c1-12-6-9-15(20-3)16(11-12)22(18,19)17-13(2)7-8-14-5-4-10-21-14/h4-6,9-11,13,17H,7-8H2,1-3H3/t13-/m1/s1. The van der Waals surface area contributed by atoms with E-state index in [2.05, 4.69) is 4.72 Å². The van der Waals surface area contributed by atoms with Crippen molar-refractivity contribution in [3.63, 3.8) is 0 Å². The van der Waals surface area contributed by atoms with Crippen molar-refractivity contribution >= 4 is 10.0 Å². The Morgan fingerprint density at radius 2 is 2.09 bits per heavy atom. The molecule has 5 nitrogen and oxygen atoms in total. The Labute approximate surface area is 131 Å². The van der Waals surface area contributed by atoms with Crippen LogP contribution < -0.4 is 9.46 Å². The van der Waals surface area contributed by atoms with E-state index < -0.39 is 10.0 Å². The quantitative estimate of drug-likeness (QED) is 0.850. The molecule has 0 fully saturated rings. The first kappa shape index (κ1) is 16.6. The number of sulfonamides is 1. The molecule has 1 aromatic carbocycles. The van der Waals surface area contributed by atoms with Crippen LogP contribution in [0.2, 0.25) is 0 Å². The Morgan fingerprint density at radius 3 is 2.73 bits per heavy atom. The van der Waals surface area contributed by atoms with Gasteiger partial charge in [0, 0.05) is 12.5 Å². The van der Waals surface area contributed by atoms with Crippen molar-refractivity contribution in [1.29, 1.82) is 0 Å². The van der Waals surface area contributed by atoms with Crippen LogP contribution >= 0.6 is 0 Å². The van der Waals surface area contributed by atoms with Gasteiger partial charge in [-0.3, -0.25) is 0 Å². The smallest absolute Gasteiger partial charge is 0.244 e. The first-order valence-electron chi connectivity index (χ1n) is 7.11. The van der Waals surface area contributed by atoms with Crippen LogP contribution in [0.15, 0.2) is 45.9 Å². The van der Waals surface area contributed by atoms with Crippen molar-refractivity contribution in [3.05, 3.63) is 47.9 Å². The molecule has 0 aliphatic carbocycles. The number of rotatable bonds is 7. The summed E-state index contributed by atoms with van der Waals surface area (Å²) in [6.07, 6.45) is 2.95. The fourth-order valence-corrected chi connectivity index (χ4v) is 3.73. The first-order chi connectivity index (χ1) is 10.4. The summed E-state index contributed by atoms with van der Waals surface area (Å²) in [6.45, 7) is 3.68. The lowest BCUT2D eigenvalue weighted by molar-refractivity contribution is 0.401. The van der Waals surface area contributed by atoms with E-state index in [4.69, 9.17) is 9.15 Å². The van der Waals surface area contributed by atoms with E-state index in [-0.39, 0.29) is 10.9 Å². The number of ether oxygens (including phenoxy) is 1. The Balaban J connectivity index is 2.08. The maximum absolute atomic E-state index is 12.5. The second-order valence-electron chi connectivity index (χ2n) is 5.29. The number of methoxy groups -OCH3 is 1. The van der Waals surface area contributed by atoms with Crippen LogP contribution in [-0.4, -0.2) is 21.6 Å². The van der Waals surface area contributed by atoms with Crippen molar-refractivity contribution in [2.45, 2.75) is 37.6 Å². The van der Waals surface area contributed by atoms with Gasteiger partial charge in [0.2, 0.25) is 10.0 Å². The third-order valence-electron chi connectivity index (χ3n) is 3.37. The molecule has 0 aliphatic rings. The van der Waals surface area contributed by atoms with E-state index in [1.54, 1.807) is 18.4 Å². The summed E-state index contributed by atoms with van der Waals surface area (Å²) in [5, 5.41) is 0. The largest absolute Gasteiger partial charge is 0.495 e. The maximum atomic E-state index is 12.5. The van der Waals surface area contributed by atoms with Gasteiger partial charge in [0.15, 0.2) is 0 Å². The van der Waals surface area contributed by atoms with E-state index in [1.807, 2.05) is 32.0 Å². The molecule has 0 saturated heterocycles. The van der Waals surface area contributed by atoms with Crippen molar-refractivity contribution in [2.24, 2.45) is 0 Å². The van der Waals surface area contributed by atoms with Crippen LogP contribution in [0.1, 0.15) is 24.7 Å². The molecular weight excluding hydrogens is 302 g/mol. The van der Waals surface area contributed by atoms with Gasteiger partial charge in [-0.25, -0.2) is 13.1 Å². The first-order valence-corrected chi connectivity index (χ1v) is 8.60. The van der Waals surface area contributed by atoms with Gasteiger partial charge in [0.1, 0.15) is 16.4 Å². The lowest BCUT2D eigenvalue weighted by Crippen LogP contribution is -2.33. The Bertz CT molecular complexity index is 708. The zero-order chi connectivity index (χ0) is 16.2. The minimum atomic E-state index is -3.62. The molecule has 2 rings (SSSR count). The van der Waals surface area contributed by atoms with Gasteiger partial charge >= 0.3 is 0 Å². The molecule has 0 radical (unpaired) electrons. The second kappa shape index (κ2) is 6.98. The molecule has 1 aromatic heterocycles. The number of hydrogen-bond acceptors (Lipinski definition) is 4. The van der Waals surface area contributed by atoms with Crippen LogP contribution in [0, 0.1) is 6.92 Å². The number of nitrogens with one attached hydrogen (secondary N) is 1. The number of hydrogen-bond donors (Lipinski definition) is 1. The molecule has 1 N–H and O–H groups in total. The Morgan fingerprint density at radius 1 is 1.32 bits per heavy atom. The molecule has 0 bridgehead atoms. The SMILES string of the molecule is COc1ccc(C)cc1S(=O)(=O)N[C@H](C)CCc1ccco1. The van der Waals surface area contributed by atoms with Crippen molar-refractivity contribution in [3.8, 4) is 5.75 Å². The molecule has 0 unspecified atom stereocenters. The van der Waals surface area contributed by atoms with Crippen LogP contribution in [0.5, 0.6) is 5.75 Å². The van der Waals surface area contributed by atoms with E-state index >= 15 is 0 Å². The highest BCUT2D eigenvalue weighted by atomic mass is 32.2. The van der Waals surface area contributed by atoms with Gasteiger partial charge in [-0.05, 0) is 50.1 Å². The monoisotopic (exact) mass is 323 g/mol. The summed E-state index contributed by atoms with van der Waals surface area (Å²) in [5.74, 6) is 1.19. The molecule has 0 spiro atoms. The lowest BCUT2D eigenvalue weighted by atomic mass is 10.2. The van der Waals surface area contributed by atoms with E-state index in [1.165, 1.54) is 7.11 Å². The summed E-state index contributed by atoms with van der Waals surface area (Å²) in [6, 6.07) is 8.59. The molecule has 6 heteroatoms. The Kier molecular flexibility index (Phi) is 5.26. The van der Waals surface area contributed by atoms with Gasteiger partial charge in [-0.15, -0.1) is 0 Å². The summed E-state index contributed by atoms with van der Waals surface area (Å²) < 4.78 is 38.1. The van der Waals surface area contributed by atoms with Crippen molar-refractivity contribution < 1.29 is 17.6 Å². The molecule has 22 heavy (non-hydrogen) atoms. The molecular formula is C16H21NO4S. The molecule has 120 valence electrons. The lowest BCUT2D eigenvalue weighted by Gasteiger charge is -2.16. The van der Waals surface area contributed by atoms with Crippen LogP contribution in [0.25, 0.3) is 0 Å². The highest BCUT2D eigenvalue weighted by Gasteiger charge is 2.22. The molecule has 0 amide bonds. The van der Waals surface area contributed by atoms with Crippen molar-refractivity contribution in [1.82, 2.24) is 4.72 Å². The van der Waals surface area contributed by atoms with Gasteiger partial charge in [0.25, 0.3) is 0 Å². The predicted molar refractivity (Wildman–Crippen MR) is 84.5 cm³/mol. The van der Waals surface area contributed by atoms with Crippen LogP contribution in [0.3, 0.4) is 0 Å². The van der Waals surface area contributed by atoms with E-state index in [9.17, 15) is 8.42 Å². The minimum Gasteiger partial charge on any atom is -0.495 e. The van der Waals surface area contributed by atoms with Gasteiger partial charge in [0.05, 0.1) is 13.4 Å². The second-order valence-corrected chi connectivity index (χ2v) is 6.98. The average molecular weight is 323 g/mol. The fraction of sp³-hybridized carbons (Fsp3) is 0.375. The Hall–Kier alpha value is -1.79.